The quantitative estimate of drug-likeness (QED) is 0.772. The molecule has 0 bridgehead atoms. The second kappa shape index (κ2) is 6.10. The fourth-order valence-electron chi connectivity index (χ4n) is 2.17. The van der Waals surface area contributed by atoms with E-state index in [0.717, 1.165) is 27.8 Å². The molecule has 0 radical (unpaired) electrons. The van der Waals surface area contributed by atoms with Crippen LogP contribution in [0.5, 0.6) is 0 Å². The van der Waals surface area contributed by atoms with E-state index < -0.39 is 0 Å². The van der Waals surface area contributed by atoms with Crippen molar-refractivity contribution in [2.24, 2.45) is 0 Å². The van der Waals surface area contributed by atoms with Crippen molar-refractivity contribution in [2.45, 2.75) is 20.4 Å². The van der Waals surface area contributed by atoms with Crippen LogP contribution >= 0.6 is 23.1 Å². The van der Waals surface area contributed by atoms with E-state index in [4.69, 9.17) is 0 Å². The topological polar surface area (TPSA) is 37.4 Å². The molecule has 22 heavy (non-hydrogen) atoms. The van der Waals surface area contributed by atoms with Gasteiger partial charge < -0.3 is 0 Å². The lowest BCUT2D eigenvalue weighted by Gasteiger charge is -2.12. The summed E-state index contributed by atoms with van der Waals surface area (Å²) in [4.78, 5) is 28.5. The number of carbonyl (C=O) groups excluding carboxylic acids is 2. The molecular formula is C17H15NO2S2. The maximum absolute atomic E-state index is 12.4. The second-order valence-electron chi connectivity index (χ2n) is 5.20. The number of amides is 2. The molecule has 2 amide bonds. The van der Waals surface area contributed by atoms with E-state index in [9.17, 15) is 9.59 Å². The van der Waals surface area contributed by atoms with E-state index in [2.05, 4.69) is 0 Å². The summed E-state index contributed by atoms with van der Waals surface area (Å²) in [7, 11) is 0. The summed E-state index contributed by atoms with van der Waals surface area (Å²) in [6, 6.07) is 11.8. The van der Waals surface area contributed by atoms with Crippen molar-refractivity contribution < 1.29 is 9.59 Å². The number of thioether (sulfide) groups is 1. The molecule has 0 N–H and O–H groups in total. The Morgan fingerprint density at radius 2 is 1.77 bits per heavy atom. The fourth-order valence-corrected chi connectivity index (χ4v) is 3.90. The van der Waals surface area contributed by atoms with Crippen LogP contribution in [-0.2, 0) is 11.3 Å². The largest absolute Gasteiger partial charge is 0.293 e. The molecule has 0 unspecified atom stereocenters. The molecular weight excluding hydrogens is 314 g/mol. The van der Waals surface area contributed by atoms with Crippen LogP contribution in [0.2, 0.25) is 0 Å². The number of hydrogen-bond donors (Lipinski definition) is 0. The van der Waals surface area contributed by atoms with Gasteiger partial charge in [0.2, 0.25) is 0 Å². The average molecular weight is 329 g/mol. The first kappa shape index (κ1) is 15.1. The zero-order valence-corrected chi connectivity index (χ0v) is 14.0. The Hall–Kier alpha value is -1.85. The summed E-state index contributed by atoms with van der Waals surface area (Å²) < 4.78 is 0. The molecule has 0 spiro atoms. The molecule has 1 saturated heterocycles. The highest BCUT2D eigenvalue weighted by Crippen LogP contribution is 2.34. The van der Waals surface area contributed by atoms with E-state index in [-0.39, 0.29) is 11.1 Å². The van der Waals surface area contributed by atoms with Gasteiger partial charge in [-0.25, -0.2) is 0 Å². The maximum atomic E-state index is 12.4. The average Bonchev–Trinajstić information content (AvgIpc) is 3.00. The van der Waals surface area contributed by atoms with Crippen molar-refractivity contribution in [1.29, 1.82) is 0 Å². The summed E-state index contributed by atoms with van der Waals surface area (Å²) in [6.45, 7) is 4.35. The number of thiophene rings is 1. The molecule has 1 aromatic carbocycles. The third kappa shape index (κ3) is 3.15. The Bertz CT molecular complexity index is 759. The van der Waals surface area contributed by atoms with E-state index in [1.165, 1.54) is 9.78 Å². The Morgan fingerprint density at radius 1 is 1.05 bits per heavy atom. The van der Waals surface area contributed by atoms with Crippen LogP contribution in [-0.4, -0.2) is 16.0 Å². The van der Waals surface area contributed by atoms with Gasteiger partial charge in [-0.15, -0.1) is 11.3 Å². The summed E-state index contributed by atoms with van der Waals surface area (Å²) in [6.07, 6.45) is 1.80. The lowest BCUT2D eigenvalue weighted by molar-refractivity contribution is -0.123. The molecule has 2 heterocycles. The molecule has 0 atom stereocenters. The number of aryl methyl sites for hydroxylation is 2. The highest BCUT2D eigenvalue weighted by Gasteiger charge is 2.34. The first-order valence-corrected chi connectivity index (χ1v) is 8.53. The Balaban J connectivity index is 1.79. The minimum atomic E-state index is -0.207. The molecule has 2 aromatic rings. The number of nitrogens with zero attached hydrogens (tertiary/aromatic N) is 1. The molecule has 3 nitrogen and oxygen atoms in total. The van der Waals surface area contributed by atoms with Crippen molar-refractivity contribution in [2.75, 3.05) is 0 Å². The second-order valence-corrected chi connectivity index (χ2v) is 7.51. The molecule has 0 saturated carbocycles. The van der Waals surface area contributed by atoms with Crippen LogP contribution in [0.4, 0.5) is 4.79 Å². The monoisotopic (exact) mass is 329 g/mol. The maximum Gasteiger partial charge on any atom is 0.293 e. The van der Waals surface area contributed by atoms with Crippen molar-refractivity contribution >= 4 is 40.3 Å². The number of benzene rings is 1. The molecule has 0 aliphatic carbocycles. The van der Waals surface area contributed by atoms with Gasteiger partial charge in [-0.05, 0) is 49.4 Å². The molecule has 1 aliphatic heterocycles. The van der Waals surface area contributed by atoms with Crippen LogP contribution < -0.4 is 0 Å². The SMILES string of the molecule is Cc1ccc(CN2C(=O)S/C(=C\c3ccc(C)s3)C2=O)cc1. The molecule has 1 aliphatic rings. The van der Waals surface area contributed by atoms with Crippen LogP contribution in [0.1, 0.15) is 20.9 Å². The smallest absolute Gasteiger partial charge is 0.268 e. The van der Waals surface area contributed by atoms with Gasteiger partial charge >= 0.3 is 0 Å². The lowest BCUT2D eigenvalue weighted by atomic mass is 10.1. The zero-order chi connectivity index (χ0) is 15.7. The van der Waals surface area contributed by atoms with Crippen LogP contribution in [0, 0.1) is 13.8 Å². The molecule has 3 rings (SSSR count). The fraction of sp³-hybridized carbons (Fsp3) is 0.176. The summed E-state index contributed by atoms with van der Waals surface area (Å²) in [5.74, 6) is -0.207. The summed E-state index contributed by atoms with van der Waals surface area (Å²) in [5, 5.41) is -0.204. The molecule has 112 valence electrons. The minimum absolute atomic E-state index is 0.204. The Morgan fingerprint density at radius 3 is 2.41 bits per heavy atom. The van der Waals surface area contributed by atoms with Gasteiger partial charge in [0, 0.05) is 9.75 Å². The molecule has 5 heteroatoms. The third-order valence-electron chi connectivity index (χ3n) is 3.37. The van der Waals surface area contributed by atoms with E-state index in [1.807, 2.05) is 50.2 Å². The number of hydrogen-bond acceptors (Lipinski definition) is 4. The standard InChI is InChI=1S/C17H15NO2S2/c1-11-3-6-13(7-4-11)10-18-16(19)15(22-17(18)20)9-14-8-5-12(2)21-14/h3-9H,10H2,1-2H3/b15-9-. The van der Waals surface area contributed by atoms with Gasteiger partial charge in [0.05, 0.1) is 11.4 Å². The highest BCUT2D eigenvalue weighted by atomic mass is 32.2. The van der Waals surface area contributed by atoms with Gasteiger partial charge in [-0.1, -0.05) is 29.8 Å². The number of carbonyl (C=O) groups is 2. The number of rotatable bonds is 3. The van der Waals surface area contributed by atoms with Crippen molar-refractivity contribution in [3.8, 4) is 0 Å². The molecule has 1 fully saturated rings. The van der Waals surface area contributed by atoms with E-state index in [0.29, 0.717) is 11.4 Å². The van der Waals surface area contributed by atoms with Crippen LogP contribution in [0.15, 0.2) is 41.3 Å². The first-order valence-electron chi connectivity index (χ1n) is 6.90. The van der Waals surface area contributed by atoms with Crippen molar-refractivity contribution in [3.63, 3.8) is 0 Å². The predicted octanol–water partition coefficient (Wildman–Crippen LogP) is 4.60. The van der Waals surface area contributed by atoms with E-state index in [1.54, 1.807) is 17.4 Å². The van der Waals surface area contributed by atoms with Crippen molar-refractivity contribution in [3.05, 3.63) is 62.2 Å². The normalized spacial score (nSPS) is 16.8. The van der Waals surface area contributed by atoms with Gasteiger partial charge in [-0.3, -0.25) is 14.5 Å². The van der Waals surface area contributed by atoms with Crippen molar-refractivity contribution in [1.82, 2.24) is 4.90 Å². The van der Waals surface area contributed by atoms with Crippen LogP contribution in [0.3, 0.4) is 0 Å². The van der Waals surface area contributed by atoms with Crippen LogP contribution in [0.25, 0.3) is 6.08 Å². The summed E-state index contributed by atoms with van der Waals surface area (Å²) in [5.41, 5.74) is 2.12. The Labute approximate surface area is 137 Å². The number of imide groups is 1. The molecule has 1 aromatic heterocycles. The first-order chi connectivity index (χ1) is 10.5. The highest BCUT2D eigenvalue weighted by molar-refractivity contribution is 8.18. The Kier molecular flexibility index (Phi) is 4.18. The van der Waals surface area contributed by atoms with Gasteiger partial charge in [0.1, 0.15) is 0 Å². The van der Waals surface area contributed by atoms with E-state index >= 15 is 0 Å². The predicted molar refractivity (Wildman–Crippen MR) is 91.7 cm³/mol. The zero-order valence-electron chi connectivity index (χ0n) is 12.3. The summed E-state index contributed by atoms with van der Waals surface area (Å²) >= 11 is 2.63. The van der Waals surface area contributed by atoms with Gasteiger partial charge in [0.15, 0.2) is 0 Å². The minimum Gasteiger partial charge on any atom is -0.268 e. The lowest BCUT2D eigenvalue weighted by Crippen LogP contribution is -2.27. The van der Waals surface area contributed by atoms with Gasteiger partial charge in [0.25, 0.3) is 11.1 Å². The third-order valence-corrected chi connectivity index (χ3v) is 5.22. The van der Waals surface area contributed by atoms with Gasteiger partial charge in [-0.2, -0.15) is 0 Å².